The molecule has 0 aliphatic rings. The fourth-order valence-corrected chi connectivity index (χ4v) is 3.46. The molecule has 2 aromatic heterocycles. The first-order chi connectivity index (χ1) is 11.7. The fourth-order valence-electron chi connectivity index (χ4n) is 2.66. The van der Waals surface area contributed by atoms with Crippen molar-refractivity contribution < 1.29 is 4.79 Å². The van der Waals surface area contributed by atoms with E-state index in [1.165, 1.54) is 11.3 Å². The van der Waals surface area contributed by atoms with E-state index in [2.05, 4.69) is 25.9 Å². The Bertz CT molecular complexity index is 838. The number of thiazole rings is 1. The summed E-state index contributed by atoms with van der Waals surface area (Å²) in [5.41, 5.74) is 8.12. The van der Waals surface area contributed by atoms with Gasteiger partial charge < -0.3 is 15.6 Å². The van der Waals surface area contributed by atoms with E-state index < -0.39 is 0 Å². The van der Waals surface area contributed by atoms with Crippen molar-refractivity contribution >= 4 is 28.3 Å². The normalized spacial score (nSPS) is 11.1. The van der Waals surface area contributed by atoms with E-state index in [0.29, 0.717) is 25.2 Å². The number of imidazole rings is 1. The second-order valence-electron chi connectivity index (χ2n) is 5.57. The van der Waals surface area contributed by atoms with Crippen molar-refractivity contribution in [2.24, 2.45) is 5.73 Å². The van der Waals surface area contributed by atoms with E-state index in [-0.39, 0.29) is 5.91 Å². The van der Waals surface area contributed by atoms with Crippen molar-refractivity contribution in [1.82, 2.24) is 19.9 Å². The first kappa shape index (κ1) is 16.6. The van der Waals surface area contributed by atoms with Gasteiger partial charge in [-0.1, -0.05) is 12.1 Å². The number of amides is 1. The van der Waals surface area contributed by atoms with Gasteiger partial charge in [0.05, 0.1) is 16.0 Å². The number of hydrogen-bond acceptors (Lipinski definition) is 5. The smallest absolute Gasteiger partial charge is 0.270 e. The minimum absolute atomic E-state index is 0.123. The number of rotatable bonds is 7. The van der Waals surface area contributed by atoms with E-state index in [1.807, 2.05) is 25.1 Å². The third-order valence-corrected chi connectivity index (χ3v) is 4.74. The first-order valence-corrected chi connectivity index (χ1v) is 8.91. The largest absolute Gasteiger partial charge is 0.351 e. The number of carbonyl (C=O) groups is 1. The van der Waals surface area contributed by atoms with Crippen molar-refractivity contribution in [3.63, 3.8) is 0 Å². The molecule has 6 nitrogen and oxygen atoms in total. The van der Waals surface area contributed by atoms with Crippen molar-refractivity contribution in [3.05, 3.63) is 46.2 Å². The summed E-state index contributed by atoms with van der Waals surface area (Å²) in [4.78, 5) is 20.9. The average molecular weight is 343 g/mol. The number of aromatic nitrogens is 3. The van der Waals surface area contributed by atoms with E-state index in [1.54, 1.807) is 5.38 Å². The molecule has 0 aliphatic heterocycles. The van der Waals surface area contributed by atoms with Gasteiger partial charge in [-0.15, -0.1) is 11.3 Å². The fraction of sp³-hybridized carbons (Fsp3) is 0.353. The molecule has 3 N–H and O–H groups in total. The summed E-state index contributed by atoms with van der Waals surface area (Å²) in [6, 6.07) is 8.10. The Morgan fingerprint density at radius 3 is 3.00 bits per heavy atom. The van der Waals surface area contributed by atoms with Crippen LogP contribution in [-0.4, -0.2) is 33.5 Å². The topological polar surface area (TPSA) is 85.8 Å². The van der Waals surface area contributed by atoms with Crippen LogP contribution in [-0.2, 0) is 13.0 Å². The van der Waals surface area contributed by atoms with Gasteiger partial charge in [0.15, 0.2) is 0 Å². The molecule has 1 aromatic carbocycles. The zero-order chi connectivity index (χ0) is 16.9. The summed E-state index contributed by atoms with van der Waals surface area (Å²) in [5.74, 6) is 0.871. The average Bonchev–Trinajstić information content (AvgIpc) is 3.16. The minimum atomic E-state index is -0.123. The zero-order valence-electron chi connectivity index (χ0n) is 13.7. The molecular formula is C17H21N5OS. The van der Waals surface area contributed by atoms with Gasteiger partial charge >= 0.3 is 0 Å². The standard InChI is InChI=1S/C17H21N5OS/c1-12-20-13-5-2-3-6-15(13)22(12)10-4-9-19-17(23)14-11-24-16(21-14)7-8-18/h2-3,5-6,11H,4,7-10,18H2,1H3,(H,19,23). The maximum absolute atomic E-state index is 12.1. The van der Waals surface area contributed by atoms with Gasteiger partial charge in [-0.25, -0.2) is 9.97 Å². The molecule has 0 bridgehead atoms. The van der Waals surface area contributed by atoms with Gasteiger partial charge in [-0.05, 0) is 32.0 Å². The summed E-state index contributed by atoms with van der Waals surface area (Å²) in [5, 5.41) is 5.62. The molecule has 126 valence electrons. The second kappa shape index (κ2) is 7.55. The number of para-hydroxylation sites is 2. The summed E-state index contributed by atoms with van der Waals surface area (Å²) in [7, 11) is 0. The predicted molar refractivity (Wildman–Crippen MR) is 96.3 cm³/mol. The Kier molecular flexibility index (Phi) is 5.22. The van der Waals surface area contributed by atoms with Crippen LogP contribution in [0.1, 0.15) is 27.7 Å². The van der Waals surface area contributed by atoms with Crippen LogP contribution in [0.25, 0.3) is 11.0 Å². The molecule has 0 saturated carbocycles. The molecule has 7 heteroatoms. The van der Waals surface area contributed by atoms with Crippen molar-refractivity contribution in [1.29, 1.82) is 0 Å². The lowest BCUT2D eigenvalue weighted by Gasteiger charge is -2.07. The first-order valence-electron chi connectivity index (χ1n) is 8.03. The molecule has 0 spiro atoms. The maximum Gasteiger partial charge on any atom is 0.270 e. The molecule has 3 aromatic rings. The van der Waals surface area contributed by atoms with Crippen LogP contribution in [0.3, 0.4) is 0 Å². The second-order valence-corrected chi connectivity index (χ2v) is 6.52. The van der Waals surface area contributed by atoms with Crippen LogP contribution in [0.15, 0.2) is 29.6 Å². The lowest BCUT2D eigenvalue weighted by Crippen LogP contribution is -2.25. The Morgan fingerprint density at radius 1 is 1.33 bits per heavy atom. The molecule has 24 heavy (non-hydrogen) atoms. The van der Waals surface area contributed by atoms with Crippen LogP contribution < -0.4 is 11.1 Å². The number of nitrogens with two attached hydrogens (primary N) is 1. The molecule has 0 aliphatic carbocycles. The molecule has 0 saturated heterocycles. The number of nitrogens with zero attached hydrogens (tertiary/aromatic N) is 3. The Morgan fingerprint density at radius 2 is 2.17 bits per heavy atom. The van der Waals surface area contributed by atoms with E-state index >= 15 is 0 Å². The number of nitrogens with one attached hydrogen (secondary N) is 1. The highest BCUT2D eigenvalue weighted by Crippen LogP contribution is 2.15. The highest BCUT2D eigenvalue weighted by molar-refractivity contribution is 7.09. The van der Waals surface area contributed by atoms with Crippen molar-refractivity contribution in [3.8, 4) is 0 Å². The molecular weight excluding hydrogens is 322 g/mol. The number of aryl methyl sites for hydroxylation is 2. The Hall–Kier alpha value is -2.25. The third-order valence-electron chi connectivity index (χ3n) is 3.83. The van der Waals surface area contributed by atoms with Gasteiger partial charge in [0.25, 0.3) is 5.91 Å². The molecule has 3 rings (SSSR count). The molecule has 2 heterocycles. The highest BCUT2D eigenvalue weighted by Gasteiger charge is 2.10. The molecule has 0 fully saturated rings. The van der Waals surface area contributed by atoms with Crippen LogP contribution in [0.5, 0.6) is 0 Å². The van der Waals surface area contributed by atoms with Crippen LogP contribution in [0, 0.1) is 6.92 Å². The quantitative estimate of drug-likeness (QED) is 0.644. The van der Waals surface area contributed by atoms with Gasteiger partial charge in [0, 0.05) is 24.9 Å². The molecule has 0 atom stereocenters. The summed E-state index contributed by atoms with van der Waals surface area (Å²) in [6.07, 6.45) is 1.55. The third kappa shape index (κ3) is 3.63. The highest BCUT2D eigenvalue weighted by atomic mass is 32.1. The number of carbonyl (C=O) groups excluding carboxylic acids is 1. The molecule has 0 radical (unpaired) electrons. The van der Waals surface area contributed by atoms with E-state index in [4.69, 9.17) is 5.73 Å². The Labute approximate surface area is 144 Å². The lowest BCUT2D eigenvalue weighted by molar-refractivity contribution is 0.0948. The van der Waals surface area contributed by atoms with Crippen molar-refractivity contribution in [2.75, 3.05) is 13.1 Å². The summed E-state index contributed by atoms with van der Waals surface area (Å²) in [6.45, 7) is 3.98. The Balaban J connectivity index is 1.52. The maximum atomic E-state index is 12.1. The minimum Gasteiger partial charge on any atom is -0.351 e. The van der Waals surface area contributed by atoms with Gasteiger partial charge in [-0.2, -0.15) is 0 Å². The van der Waals surface area contributed by atoms with Crippen LogP contribution in [0.2, 0.25) is 0 Å². The van der Waals surface area contributed by atoms with E-state index in [0.717, 1.165) is 34.8 Å². The monoisotopic (exact) mass is 343 g/mol. The SMILES string of the molecule is Cc1nc2ccccc2n1CCCNC(=O)c1csc(CCN)n1. The number of hydrogen-bond donors (Lipinski definition) is 2. The number of fused-ring (bicyclic) bond motifs is 1. The van der Waals surface area contributed by atoms with Crippen molar-refractivity contribution in [2.45, 2.75) is 26.3 Å². The molecule has 0 unspecified atom stereocenters. The van der Waals surface area contributed by atoms with Crippen LogP contribution >= 0.6 is 11.3 Å². The lowest BCUT2D eigenvalue weighted by atomic mass is 10.3. The summed E-state index contributed by atoms with van der Waals surface area (Å²) >= 11 is 1.48. The van der Waals surface area contributed by atoms with E-state index in [9.17, 15) is 4.79 Å². The van der Waals surface area contributed by atoms with Gasteiger partial charge in [0.1, 0.15) is 11.5 Å². The van der Waals surface area contributed by atoms with Gasteiger partial charge in [0.2, 0.25) is 0 Å². The molecule has 1 amide bonds. The predicted octanol–water partition coefficient (Wildman–Crippen LogP) is 2.12. The summed E-state index contributed by atoms with van der Waals surface area (Å²) < 4.78 is 2.18. The van der Waals surface area contributed by atoms with Crippen LogP contribution in [0.4, 0.5) is 0 Å². The van der Waals surface area contributed by atoms with Gasteiger partial charge in [-0.3, -0.25) is 4.79 Å². The zero-order valence-corrected chi connectivity index (χ0v) is 14.5. The number of benzene rings is 1.